The molecule has 5 rings (SSSR count). The molecule has 0 unspecified atom stereocenters. The summed E-state index contributed by atoms with van der Waals surface area (Å²) >= 11 is 0. The highest BCUT2D eigenvalue weighted by Crippen LogP contribution is 2.51. The third-order valence-electron chi connectivity index (χ3n) is 6.69. The minimum Gasteiger partial charge on any atom is -0.390 e. The van der Waals surface area contributed by atoms with Crippen molar-refractivity contribution in [2.24, 2.45) is 11.1 Å². The first-order valence-electron chi connectivity index (χ1n) is 10.2. The number of aromatic nitrogens is 4. The van der Waals surface area contributed by atoms with Crippen LogP contribution < -0.4 is 16.0 Å². The number of carbonyl (C=O) groups excluding carboxylic acids is 1. The second-order valence-electron chi connectivity index (χ2n) is 8.20. The highest BCUT2D eigenvalue weighted by molar-refractivity contribution is 6.02. The number of H-pyrrole nitrogens is 1. The first-order chi connectivity index (χ1) is 14.6. The Morgan fingerprint density at radius 2 is 2.10 bits per heavy atom. The van der Waals surface area contributed by atoms with Gasteiger partial charge >= 0.3 is 0 Å². The molecule has 1 spiro atoms. The molecule has 30 heavy (non-hydrogen) atoms. The normalized spacial score (nSPS) is 20.0. The summed E-state index contributed by atoms with van der Waals surface area (Å²) in [5.74, 6) is 0.290. The van der Waals surface area contributed by atoms with E-state index in [0.29, 0.717) is 22.7 Å². The Morgan fingerprint density at radius 3 is 2.80 bits per heavy atom. The lowest BCUT2D eigenvalue weighted by molar-refractivity contribution is 0.0959. The number of benzene rings is 1. The zero-order chi connectivity index (χ0) is 20.9. The molecule has 1 aromatic carbocycles. The third-order valence-corrected chi connectivity index (χ3v) is 6.69. The molecule has 1 atom stereocenters. The van der Waals surface area contributed by atoms with Crippen molar-refractivity contribution in [3.63, 3.8) is 0 Å². The van der Waals surface area contributed by atoms with Crippen LogP contribution in [0.5, 0.6) is 0 Å². The summed E-state index contributed by atoms with van der Waals surface area (Å²) in [6.07, 6.45) is 2.89. The molecule has 9 nitrogen and oxygen atoms in total. The van der Waals surface area contributed by atoms with Crippen molar-refractivity contribution in [1.29, 1.82) is 0 Å². The van der Waals surface area contributed by atoms with Gasteiger partial charge in [0, 0.05) is 26.2 Å². The number of fused-ring (bicyclic) bond motifs is 2. The number of hydrogen-bond acceptors (Lipinski definition) is 7. The number of anilines is 1. The van der Waals surface area contributed by atoms with E-state index in [4.69, 9.17) is 5.73 Å². The molecule has 0 saturated carbocycles. The standard InChI is InChI=1S/C21H25N7O2/c1-23-20(30)16-15-18(27-26-16)25-19(14(11-29)24-15)28-8-6-21(7-9-28)10-12-4-2-3-5-13(12)17(21)22/h2-5,17,29H,6-11,22H2,1H3,(H,23,30)(H,25,26,27)/t17-/m1/s1. The number of amides is 1. The van der Waals surface area contributed by atoms with Gasteiger partial charge in [-0.15, -0.1) is 0 Å². The number of piperidine rings is 1. The van der Waals surface area contributed by atoms with Crippen molar-refractivity contribution in [2.45, 2.75) is 31.9 Å². The maximum Gasteiger partial charge on any atom is 0.273 e. The van der Waals surface area contributed by atoms with Crippen LogP contribution in [0.1, 0.15) is 46.2 Å². The molecular formula is C21H25N7O2. The summed E-state index contributed by atoms with van der Waals surface area (Å²) < 4.78 is 0. The summed E-state index contributed by atoms with van der Waals surface area (Å²) in [7, 11) is 1.53. The summed E-state index contributed by atoms with van der Waals surface area (Å²) in [6, 6.07) is 8.51. The van der Waals surface area contributed by atoms with Crippen molar-refractivity contribution < 1.29 is 9.90 Å². The lowest BCUT2D eigenvalue weighted by Gasteiger charge is -2.42. The molecule has 1 amide bonds. The molecule has 156 valence electrons. The third kappa shape index (κ3) is 2.77. The van der Waals surface area contributed by atoms with Gasteiger partial charge in [0.15, 0.2) is 17.2 Å². The van der Waals surface area contributed by atoms with Gasteiger partial charge in [-0.1, -0.05) is 24.3 Å². The second kappa shape index (κ2) is 7.03. The Morgan fingerprint density at radius 1 is 1.33 bits per heavy atom. The lowest BCUT2D eigenvalue weighted by atomic mass is 9.73. The zero-order valence-electron chi connectivity index (χ0n) is 16.9. The van der Waals surface area contributed by atoms with Crippen molar-refractivity contribution in [3.8, 4) is 0 Å². The van der Waals surface area contributed by atoms with Gasteiger partial charge in [-0.3, -0.25) is 9.89 Å². The molecule has 1 saturated heterocycles. The van der Waals surface area contributed by atoms with E-state index in [2.05, 4.69) is 54.6 Å². The van der Waals surface area contributed by atoms with Crippen LogP contribution in [0.2, 0.25) is 0 Å². The first-order valence-corrected chi connectivity index (χ1v) is 10.2. The van der Waals surface area contributed by atoms with Crippen molar-refractivity contribution in [3.05, 3.63) is 46.8 Å². The van der Waals surface area contributed by atoms with E-state index in [1.165, 1.54) is 18.2 Å². The molecule has 5 N–H and O–H groups in total. The minimum atomic E-state index is -0.345. The Bertz CT molecular complexity index is 1120. The topological polar surface area (TPSA) is 133 Å². The van der Waals surface area contributed by atoms with Crippen molar-refractivity contribution in [2.75, 3.05) is 25.0 Å². The number of nitrogens with two attached hydrogens (primary N) is 1. The van der Waals surface area contributed by atoms with Gasteiger partial charge in [-0.2, -0.15) is 5.10 Å². The average Bonchev–Trinajstić information content (AvgIpc) is 3.32. The first kappa shape index (κ1) is 19.0. The summed E-state index contributed by atoms with van der Waals surface area (Å²) in [4.78, 5) is 23.3. The van der Waals surface area contributed by atoms with Crippen LogP contribution in [0.4, 0.5) is 5.82 Å². The predicted octanol–water partition coefficient (Wildman–Crippen LogP) is 1.05. The molecule has 3 heterocycles. The monoisotopic (exact) mass is 407 g/mol. The Kier molecular flexibility index (Phi) is 4.44. The van der Waals surface area contributed by atoms with Gasteiger partial charge < -0.3 is 21.1 Å². The predicted molar refractivity (Wildman–Crippen MR) is 112 cm³/mol. The lowest BCUT2D eigenvalue weighted by Crippen LogP contribution is -2.45. The van der Waals surface area contributed by atoms with E-state index in [0.717, 1.165) is 32.4 Å². The minimum absolute atomic E-state index is 0.0458. The van der Waals surface area contributed by atoms with Gasteiger partial charge in [0.25, 0.3) is 5.91 Å². The smallest absolute Gasteiger partial charge is 0.273 e. The SMILES string of the molecule is CNC(=O)c1n[nH]c2nc(N3CCC4(CC3)Cc3ccccc3[C@H]4N)c(CO)nc12. The van der Waals surface area contributed by atoms with Crippen molar-refractivity contribution in [1.82, 2.24) is 25.5 Å². The summed E-state index contributed by atoms with van der Waals surface area (Å²) in [5, 5.41) is 19.3. The van der Waals surface area contributed by atoms with E-state index < -0.39 is 0 Å². The van der Waals surface area contributed by atoms with Crippen LogP contribution in [0.25, 0.3) is 11.2 Å². The van der Waals surface area contributed by atoms with Crippen molar-refractivity contribution >= 4 is 22.9 Å². The zero-order valence-corrected chi connectivity index (χ0v) is 16.9. The van der Waals surface area contributed by atoms with Gasteiger partial charge in [0.1, 0.15) is 11.2 Å². The summed E-state index contributed by atoms with van der Waals surface area (Å²) in [5.41, 5.74) is 10.8. The number of rotatable bonds is 3. The number of nitrogens with zero attached hydrogens (tertiary/aromatic N) is 4. The molecule has 1 aliphatic heterocycles. The fourth-order valence-corrected chi connectivity index (χ4v) is 4.97. The molecule has 0 radical (unpaired) electrons. The van der Waals surface area contributed by atoms with Crippen LogP contribution >= 0.6 is 0 Å². The van der Waals surface area contributed by atoms with Gasteiger partial charge in [-0.05, 0) is 35.8 Å². The molecule has 0 bridgehead atoms. The van der Waals surface area contributed by atoms with E-state index in [9.17, 15) is 9.90 Å². The maximum atomic E-state index is 12.0. The Balaban J connectivity index is 1.42. The maximum absolute atomic E-state index is 12.0. The fraction of sp³-hybridized carbons (Fsp3) is 0.429. The fourth-order valence-electron chi connectivity index (χ4n) is 4.97. The quantitative estimate of drug-likeness (QED) is 0.510. The number of nitrogens with one attached hydrogen (secondary N) is 2. The van der Waals surface area contributed by atoms with Crippen LogP contribution in [0.3, 0.4) is 0 Å². The number of aliphatic hydroxyl groups excluding tert-OH is 1. The number of hydrogen-bond donors (Lipinski definition) is 4. The van der Waals surface area contributed by atoms with Crippen LogP contribution in [0, 0.1) is 5.41 Å². The second-order valence-corrected chi connectivity index (χ2v) is 8.20. The number of aromatic amines is 1. The Labute approximate surface area is 173 Å². The Hall–Kier alpha value is -3.04. The molecule has 3 aromatic rings. The van der Waals surface area contributed by atoms with E-state index in [-0.39, 0.29) is 29.7 Å². The van der Waals surface area contributed by atoms with Crippen LogP contribution in [-0.2, 0) is 13.0 Å². The highest BCUT2D eigenvalue weighted by atomic mass is 16.3. The van der Waals surface area contributed by atoms with Gasteiger partial charge in [0.05, 0.1) is 6.61 Å². The molecule has 2 aliphatic rings. The van der Waals surface area contributed by atoms with Gasteiger partial charge in [0.2, 0.25) is 0 Å². The van der Waals surface area contributed by atoms with E-state index >= 15 is 0 Å². The number of carbonyl (C=O) groups is 1. The van der Waals surface area contributed by atoms with E-state index in [1.807, 2.05) is 0 Å². The molecular weight excluding hydrogens is 382 g/mol. The number of aliphatic hydroxyl groups is 1. The highest BCUT2D eigenvalue weighted by Gasteiger charge is 2.46. The molecule has 2 aromatic heterocycles. The summed E-state index contributed by atoms with van der Waals surface area (Å²) in [6.45, 7) is 1.31. The van der Waals surface area contributed by atoms with Crippen LogP contribution in [-0.4, -0.2) is 51.3 Å². The van der Waals surface area contributed by atoms with E-state index in [1.54, 1.807) is 0 Å². The average molecular weight is 407 g/mol. The van der Waals surface area contributed by atoms with Gasteiger partial charge in [-0.25, -0.2) is 9.97 Å². The molecule has 9 heteroatoms. The molecule has 1 aliphatic carbocycles. The molecule has 1 fully saturated rings. The largest absolute Gasteiger partial charge is 0.390 e. The van der Waals surface area contributed by atoms with Crippen LogP contribution in [0.15, 0.2) is 24.3 Å².